The SMILES string of the molecule is ClCC#Cc1cncc(OCCn2cccn2)c1. The summed E-state index contributed by atoms with van der Waals surface area (Å²) < 4.78 is 7.39. The number of ether oxygens (including phenoxy) is 1. The van der Waals surface area contributed by atoms with Crippen molar-refractivity contribution in [2.45, 2.75) is 6.54 Å². The summed E-state index contributed by atoms with van der Waals surface area (Å²) in [4.78, 5) is 4.06. The summed E-state index contributed by atoms with van der Waals surface area (Å²) in [6.45, 7) is 1.24. The topological polar surface area (TPSA) is 39.9 Å². The van der Waals surface area contributed by atoms with Crippen molar-refractivity contribution in [1.29, 1.82) is 0 Å². The predicted molar refractivity (Wildman–Crippen MR) is 69.6 cm³/mol. The highest BCUT2D eigenvalue weighted by molar-refractivity contribution is 6.19. The minimum absolute atomic E-state index is 0.310. The van der Waals surface area contributed by atoms with Crippen molar-refractivity contribution >= 4 is 11.6 Å². The van der Waals surface area contributed by atoms with Gasteiger partial charge in [0, 0.05) is 24.2 Å². The first-order valence-electron chi connectivity index (χ1n) is 5.48. The first-order valence-corrected chi connectivity index (χ1v) is 6.02. The molecule has 0 N–H and O–H groups in total. The second kappa shape index (κ2) is 6.67. The van der Waals surface area contributed by atoms with E-state index in [2.05, 4.69) is 21.9 Å². The van der Waals surface area contributed by atoms with Gasteiger partial charge in [-0.3, -0.25) is 9.67 Å². The van der Waals surface area contributed by atoms with Gasteiger partial charge >= 0.3 is 0 Å². The maximum atomic E-state index is 5.58. The lowest BCUT2D eigenvalue weighted by atomic mass is 10.3. The monoisotopic (exact) mass is 261 g/mol. The molecule has 0 saturated heterocycles. The molecule has 0 aliphatic carbocycles. The van der Waals surface area contributed by atoms with Gasteiger partial charge in [-0.15, -0.1) is 11.6 Å². The fraction of sp³-hybridized carbons (Fsp3) is 0.231. The highest BCUT2D eigenvalue weighted by atomic mass is 35.5. The van der Waals surface area contributed by atoms with Crippen LogP contribution in [-0.4, -0.2) is 27.3 Å². The zero-order valence-corrected chi connectivity index (χ0v) is 10.5. The molecule has 2 heterocycles. The van der Waals surface area contributed by atoms with Crippen LogP contribution in [0.4, 0.5) is 0 Å². The summed E-state index contributed by atoms with van der Waals surface area (Å²) in [5.41, 5.74) is 0.798. The van der Waals surface area contributed by atoms with Crippen LogP contribution in [0.1, 0.15) is 5.56 Å². The third-order valence-electron chi connectivity index (χ3n) is 2.16. The van der Waals surface area contributed by atoms with Gasteiger partial charge in [-0.2, -0.15) is 5.10 Å². The first-order chi connectivity index (χ1) is 8.88. The van der Waals surface area contributed by atoms with E-state index in [1.165, 1.54) is 0 Å². The highest BCUT2D eigenvalue weighted by Crippen LogP contribution is 2.10. The molecule has 0 spiro atoms. The van der Waals surface area contributed by atoms with E-state index in [9.17, 15) is 0 Å². The molecule has 0 bridgehead atoms. The largest absolute Gasteiger partial charge is 0.490 e. The van der Waals surface area contributed by atoms with Crippen LogP contribution in [0.15, 0.2) is 36.9 Å². The molecule has 0 fully saturated rings. The quantitative estimate of drug-likeness (QED) is 0.624. The molecule has 2 aromatic heterocycles. The third kappa shape index (κ3) is 3.79. The Morgan fingerprint density at radius 1 is 1.39 bits per heavy atom. The Balaban J connectivity index is 1.89. The molecule has 0 amide bonds. The van der Waals surface area contributed by atoms with Crippen molar-refractivity contribution in [2.75, 3.05) is 12.5 Å². The maximum Gasteiger partial charge on any atom is 0.138 e. The molecule has 0 atom stereocenters. The molecule has 0 saturated carbocycles. The molecule has 0 radical (unpaired) electrons. The van der Waals surface area contributed by atoms with E-state index < -0.39 is 0 Å². The molecule has 18 heavy (non-hydrogen) atoms. The second-order valence-corrected chi connectivity index (χ2v) is 3.73. The number of rotatable bonds is 4. The summed E-state index contributed by atoms with van der Waals surface area (Å²) in [7, 11) is 0. The van der Waals surface area contributed by atoms with E-state index in [1.54, 1.807) is 18.6 Å². The number of aromatic nitrogens is 3. The average Bonchev–Trinajstić information content (AvgIpc) is 2.90. The number of hydrogen-bond acceptors (Lipinski definition) is 3. The third-order valence-corrected chi connectivity index (χ3v) is 2.29. The first kappa shape index (κ1) is 12.5. The highest BCUT2D eigenvalue weighted by Gasteiger charge is 1.96. The smallest absolute Gasteiger partial charge is 0.138 e. The van der Waals surface area contributed by atoms with Gasteiger partial charge in [0.25, 0.3) is 0 Å². The van der Waals surface area contributed by atoms with Gasteiger partial charge in [0.15, 0.2) is 0 Å². The molecule has 2 aromatic rings. The van der Waals surface area contributed by atoms with E-state index in [0.717, 1.165) is 5.56 Å². The predicted octanol–water partition coefficient (Wildman–Crippen LogP) is 1.95. The van der Waals surface area contributed by atoms with Crippen LogP contribution >= 0.6 is 11.6 Å². The standard InChI is InChI=1S/C13H12ClN3O/c14-4-1-3-12-9-13(11-15-10-12)18-8-7-17-6-2-5-16-17/h2,5-6,9-11H,4,7-8H2. The summed E-state index contributed by atoms with van der Waals surface area (Å²) in [5, 5.41) is 4.09. The molecular formula is C13H12ClN3O. The van der Waals surface area contributed by atoms with Crippen molar-refractivity contribution in [2.24, 2.45) is 0 Å². The van der Waals surface area contributed by atoms with Gasteiger partial charge in [0.2, 0.25) is 0 Å². The zero-order valence-electron chi connectivity index (χ0n) is 9.71. The maximum absolute atomic E-state index is 5.58. The number of halogens is 1. The summed E-state index contributed by atoms with van der Waals surface area (Å²) in [6, 6.07) is 3.72. The van der Waals surface area contributed by atoms with Crippen LogP contribution in [0.5, 0.6) is 5.75 Å². The Labute approximate surface area is 111 Å². The van der Waals surface area contributed by atoms with Crippen molar-refractivity contribution in [3.05, 3.63) is 42.5 Å². The summed E-state index contributed by atoms with van der Waals surface area (Å²) in [6.07, 6.45) is 6.97. The molecule has 0 aliphatic heterocycles. The van der Waals surface area contributed by atoms with E-state index in [0.29, 0.717) is 24.8 Å². The van der Waals surface area contributed by atoms with Crippen LogP contribution in [0, 0.1) is 11.8 Å². The fourth-order valence-electron chi connectivity index (χ4n) is 1.39. The van der Waals surface area contributed by atoms with Crippen LogP contribution in [0.3, 0.4) is 0 Å². The molecule has 0 unspecified atom stereocenters. The molecule has 2 rings (SSSR count). The summed E-state index contributed by atoms with van der Waals surface area (Å²) in [5.74, 6) is 6.68. The van der Waals surface area contributed by atoms with Crippen molar-refractivity contribution in [3.8, 4) is 17.6 Å². The Kier molecular flexibility index (Phi) is 4.62. The van der Waals surface area contributed by atoms with Gasteiger partial charge in [-0.05, 0) is 12.1 Å². The number of nitrogens with zero attached hydrogens (tertiary/aromatic N) is 3. The number of hydrogen-bond donors (Lipinski definition) is 0. The normalized spacial score (nSPS) is 9.61. The summed E-state index contributed by atoms with van der Waals surface area (Å²) >= 11 is 5.50. The lowest BCUT2D eigenvalue weighted by Gasteiger charge is -2.05. The van der Waals surface area contributed by atoms with E-state index in [4.69, 9.17) is 16.3 Å². The number of alkyl halides is 1. The molecule has 4 nitrogen and oxygen atoms in total. The molecule has 0 aliphatic rings. The molecular weight excluding hydrogens is 250 g/mol. The Bertz CT molecular complexity index is 543. The Hall–Kier alpha value is -1.99. The lowest BCUT2D eigenvalue weighted by molar-refractivity contribution is 0.290. The lowest BCUT2D eigenvalue weighted by Crippen LogP contribution is -2.08. The van der Waals surface area contributed by atoms with Gasteiger partial charge in [0.05, 0.1) is 18.6 Å². The van der Waals surface area contributed by atoms with Crippen molar-refractivity contribution in [3.63, 3.8) is 0 Å². The second-order valence-electron chi connectivity index (χ2n) is 3.46. The van der Waals surface area contributed by atoms with Gasteiger partial charge in [-0.25, -0.2) is 0 Å². The van der Waals surface area contributed by atoms with Crippen molar-refractivity contribution in [1.82, 2.24) is 14.8 Å². The van der Waals surface area contributed by atoms with E-state index in [-0.39, 0.29) is 0 Å². The minimum atomic E-state index is 0.310. The van der Waals surface area contributed by atoms with Crippen LogP contribution in [0.2, 0.25) is 0 Å². The van der Waals surface area contributed by atoms with Gasteiger partial charge in [0.1, 0.15) is 12.4 Å². The average molecular weight is 262 g/mol. The number of pyridine rings is 1. The van der Waals surface area contributed by atoms with E-state index >= 15 is 0 Å². The minimum Gasteiger partial charge on any atom is -0.490 e. The zero-order chi connectivity index (χ0) is 12.6. The van der Waals surface area contributed by atoms with Gasteiger partial charge in [-0.1, -0.05) is 11.8 Å². The molecule has 92 valence electrons. The fourth-order valence-corrected chi connectivity index (χ4v) is 1.46. The van der Waals surface area contributed by atoms with Crippen LogP contribution < -0.4 is 4.74 Å². The van der Waals surface area contributed by atoms with Crippen LogP contribution in [0.25, 0.3) is 0 Å². The molecule has 0 aromatic carbocycles. The van der Waals surface area contributed by atoms with Crippen molar-refractivity contribution < 1.29 is 4.74 Å². The Morgan fingerprint density at radius 3 is 3.11 bits per heavy atom. The molecule has 5 heteroatoms. The van der Waals surface area contributed by atoms with E-state index in [1.807, 2.05) is 23.0 Å². The van der Waals surface area contributed by atoms with Gasteiger partial charge < -0.3 is 4.74 Å². The Morgan fingerprint density at radius 2 is 2.33 bits per heavy atom. The van der Waals surface area contributed by atoms with Crippen LogP contribution in [-0.2, 0) is 6.54 Å².